The van der Waals surface area contributed by atoms with E-state index in [0.29, 0.717) is 0 Å². The lowest BCUT2D eigenvalue weighted by Crippen LogP contribution is -2.36. The number of fused-ring (bicyclic) bond motifs is 2. The molecule has 0 unspecified atom stereocenters. The van der Waals surface area contributed by atoms with Gasteiger partial charge in [-0.05, 0) is 53.8 Å². The second-order valence-corrected chi connectivity index (χ2v) is 6.84. The van der Waals surface area contributed by atoms with Crippen molar-refractivity contribution in [3.8, 4) is 11.1 Å². The van der Waals surface area contributed by atoms with Crippen molar-refractivity contribution in [3.05, 3.63) is 53.3 Å². The van der Waals surface area contributed by atoms with Gasteiger partial charge < -0.3 is 10.5 Å². The Bertz CT molecular complexity index is 870. The first kappa shape index (κ1) is 15.8. The summed E-state index contributed by atoms with van der Waals surface area (Å²) in [5.74, 6) is -0.350. The Morgan fingerprint density at radius 2 is 1.80 bits per heavy atom. The molecule has 0 saturated heterocycles. The number of nitrogens with one attached hydrogen (secondary N) is 1. The largest absolute Gasteiger partial charge is 0.411 e. The summed E-state index contributed by atoms with van der Waals surface area (Å²) in [5.41, 5.74) is 3.34. The third-order valence-electron chi connectivity index (χ3n) is 5.46. The summed E-state index contributed by atoms with van der Waals surface area (Å²) in [6.45, 7) is 0. The number of rotatable bonds is 2. The highest BCUT2D eigenvalue weighted by Crippen LogP contribution is 2.48. The van der Waals surface area contributed by atoms with E-state index in [9.17, 15) is 9.18 Å². The molecular weight excluding hydrogens is 319 g/mol. The standard InChI is InChI=1S/C20H19FN2O2/c21-17-11-14(4-5-15(17)12-22-25)13-6-7-18-16(10-13)20(19(24)23-18)8-2-1-3-9-20/h4-7,10-12,25H,1-3,8-9H2,(H,23,24)/b22-12+. The molecule has 1 saturated carbocycles. The van der Waals surface area contributed by atoms with Gasteiger partial charge in [0.15, 0.2) is 0 Å². The topological polar surface area (TPSA) is 61.7 Å². The van der Waals surface area contributed by atoms with Crippen LogP contribution in [0.5, 0.6) is 0 Å². The quantitative estimate of drug-likeness (QED) is 0.483. The molecular formula is C20H19FN2O2. The zero-order chi connectivity index (χ0) is 17.4. The number of amides is 1. The minimum absolute atomic E-state index is 0.0973. The molecule has 2 N–H and O–H groups in total. The summed E-state index contributed by atoms with van der Waals surface area (Å²) in [7, 11) is 0. The van der Waals surface area contributed by atoms with Crippen molar-refractivity contribution in [1.82, 2.24) is 0 Å². The van der Waals surface area contributed by atoms with Gasteiger partial charge in [0.1, 0.15) is 5.82 Å². The SMILES string of the molecule is O=C1Nc2ccc(-c3ccc(/C=N/O)c(F)c3)cc2C12CCCCC2. The van der Waals surface area contributed by atoms with E-state index in [0.717, 1.165) is 54.3 Å². The maximum atomic E-state index is 14.1. The highest BCUT2D eigenvalue weighted by Gasteiger charge is 2.47. The number of nitrogens with zero attached hydrogens (tertiary/aromatic N) is 1. The summed E-state index contributed by atoms with van der Waals surface area (Å²) < 4.78 is 14.1. The normalized spacial score (nSPS) is 18.5. The Hall–Kier alpha value is -2.69. The van der Waals surface area contributed by atoms with Crippen LogP contribution in [0.15, 0.2) is 41.6 Å². The van der Waals surface area contributed by atoms with Gasteiger partial charge >= 0.3 is 0 Å². The maximum Gasteiger partial charge on any atom is 0.235 e. The monoisotopic (exact) mass is 338 g/mol. The molecule has 4 nitrogen and oxygen atoms in total. The molecule has 2 aromatic rings. The van der Waals surface area contributed by atoms with Gasteiger partial charge in [0.25, 0.3) is 0 Å². The number of halogens is 1. The molecule has 0 aromatic heterocycles. The molecule has 1 amide bonds. The fourth-order valence-electron chi connectivity index (χ4n) is 4.12. The minimum atomic E-state index is -0.447. The summed E-state index contributed by atoms with van der Waals surface area (Å²) in [6, 6.07) is 10.6. The highest BCUT2D eigenvalue weighted by atomic mass is 19.1. The molecule has 1 heterocycles. The number of carbonyl (C=O) groups excluding carboxylic acids is 1. The van der Waals surface area contributed by atoms with Gasteiger partial charge in [-0.15, -0.1) is 0 Å². The van der Waals surface area contributed by atoms with Crippen molar-refractivity contribution in [3.63, 3.8) is 0 Å². The summed E-state index contributed by atoms with van der Waals surface area (Å²) in [5, 5.41) is 14.5. The van der Waals surface area contributed by atoms with Crippen LogP contribution < -0.4 is 5.32 Å². The van der Waals surface area contributed by atoms with E-state index in [1.807, 2.05) is 18.2 Å². The van der Waals surface area contributed by atoms with Crippen LogP contribution >= 0.6 is 0 Å². The third kappa shape index (κ3) is 2.51. The van der Waals surface area contributed by atoms with Crippen molar-refractivity contribution >= 4 is 17.8 Å². The first-order valence-corrected chi connectivity index (χ1v) is 8.57. The van der Waals surface area contributed by atoms with Crippen LogP contribution in [0.1, 0.15) is 43.2 Å². The molecule has 2 aromatic carbocycles. The van der Waals surface area contributed by atoms with Crippen molar-refractivity contribution in [1.29, 1.82) is 0 Å². The molecule has 2 aliphatic rings. The van der Waals surface area contributed by atoms with Crippen molar-refractivity contribution in [2.75, 3.05) is 5.32 Å². The Morgan fingerprint density at radius 1 is 1.08 bits per heavy atom. The fourth-order valence-corrected chi connectivity index (χ4v) is 4.12. The van der Waals surface area contributed by atoms with Gasteiger partial charge in [-0.3, -0.25) is 4.79 Å². The van der Waals surface area contributed by atoms with Gasteiger partial charge in [-0.1, -0.05) is 36.6 Å². The zero-order valence-electron chi connectivity index (χ0n) is 13.8. The van der Waals surface area contributed by atoms with Gasteiger partial charge in [-0.2, -0.15) is 0 Å². The summed E-state index contributed by atoms with van der Waals surface area (Å²) in [6.07, 6.45) is 6.09. The molecule has 0 atom stereocenters. The number of benzene rings is 2. The Labute approximate surface area is 145 Å². The molecule has 1 aliphatic carbocycles. The number of anilines is 1. The van der Waals surface area contributed by atoms with Crippen LogP contribution in [0.4, 0.5) is 10.1 Å². The van der Waals surface area contributed by atoms with E-state index in [2.05, 4.69) is 10.5 Å². The summed E-state index contributed by atoms with van der Waals surface area (Å²) >= 11 is 0. The Kier molecular flexibility index (Phi) is 3.79. The van der Waals surface area contributed by atoms with Crippen LogP contribution in [0.2, 0.25) is 0 Å². The van der Waals surface area contributed by atoms with Crippen molar-refractivity contribution < 1.29 is 14.4 Å². The lowest BCUT2D eigenvalue weighted by molar-refractivity contribution is -0.121. The molecule has 1 aliphatic heterocycles. The predicted molar refractivity (Wildman–Crippen MR) is 94.6 cm³/mol. The molecule has 128 valence electrons. The lowest BCUT2D eigenvalue weighted by atomic mass is 9.70. The van der Waals surface area contributed by atoms with E-state index in [4.69, 9.17) is 5.21 Å². The van der Waals surface area contributed by atoms with Crippen LogP contribution in [0.25, 0.3) is 11.1 Å². The van der Waals surface area contributed by atoms with Crippen LogP contribution in [-0.4, -0.2) is 17.3 Å². The van der Waals surface area contributed by atoms with E-state index < -0.39 is 11.2 Å². The second kappa shape index (κ2) is 5.99. The maximum absolute atomic E-state index is 14.1. The molecule has 1 fully saturated rings. The first-order chi connectivity index (χ1) is 12.1. The number of hydrogen-bond acceptors (Lipinski definition) is 3. The van der Waals surface area contributed by atoms with Crippen molar-refractivity contribution in [2.24, 2.45) is 5.16 Å². The van der Waals surface area contributed by atoms with Crippen LogP contribution in [-0.2, 0) is 10.2 Å². The molecule has 25 heavy (non-hydrogen) atoms. The van der Waals surface area contributed by atoms with Gasteiger partial charge in [-0.25, -0.2) is 4.39 Å². The zero-order valence-corrected chi connectivity index (χ0v) is 13.8. The first-order valence-electron chi connectivity index (χ1n) is 8.57. The lowest BCUT2D eigenvalue weighted by Gasteiger charge is -2.31. The number of carbonyl (C=O) groups is 1. The molecule has 0 radical (unpaired) electrons. The third-order valence-corrected chi connectivity index (χ3v) is 5.46. The van der Waals surface area contributed by atoms with Crippen LogP contribution in [0.3, 0.4) is 0 Å². The predicted octanol–water partition coefficient (Wildman–Crippen LogP) is 4.45. The molecule has 5 heteroatoms. The van der Waals surface area contributed by atoms with E-state index >= 15 is 0 Å². The summed E-state index contributed by atoms with van der Waals surface area (Å²) in [4.78, 5) is 12.6. The number of oxime groups is 1. The van der Waals surface area contributed by atoms with Crippen molar-refractivity contribution in [2.45, 2.75) is 37.5 Å². The van der Waals surface area contributed by atoms with Gasteiger partial charge in [0, 0.05) is 11.3 Å². The average Bonchev–Trinajstić information content (AvgIpc) is 2.89. The molecule has 0 bridgehead atoms. The number of hydrogen-bond donors (Lipinski definition) is 2. The highest BCUT2D eigenvalue weighted by molar-refractivity contribution is 6.06. The Balaban J connectivity index is 1.77. The van der Waals surface area contributed by atoms with E-state index in [1.165, 1.54) is 12.5 Å². The fraction of sp³-hybridized carbons (Fsp3) is 0.300. The van der Waals surface area contributed by atoms with E-state index in [-0.39, 0.29) is 11.5 Å². The average molecular weight is 338 g/mol. The van der Waals surface area contributed by atoms with Crippen LogP contribution in [0, 0.1) is 5.82 Å². The van der Waals surface area contributed by atoms with Gasteiger partial charge in [0.2, 0.25) is 5.91 Å². The van der Waals surface area contributed by atoms with Gasteiger partial charge in [0.05, 0.1) is 11.6 Å². The Morgan fingerprint density at radius 3 is 2.52 bits per heavy atom. The molecule has 4 rings (SSSR count). The minimum Gasteiger partial charge on any atom is -0.411 e. The second-order valence-electron chi connectivity index (χ2n) is 6.84. The molecule has 1 spiro atoms. The van der Waals surface area contributed by atoms with E-state index in [1.54, 1.807) is 12.1 Å². The smallest absolute Gasteiger partial charge is 0.235 e.